The van der Waals surface area contributed by atoms with Crippen LogP contribution in [-0.2, 0) is 9.59 Å². The monoisotopic (exact) mass is 398 g/mol. The highest BCUT2D eigenvalue weighted by Crippen LogP contribution is 2.49. The Hall–Kier alpha value is -2.09. The second-order valence-electron chi connectivity index (χ2n) is 7.87. The number of rotatable bonds is 3. The zero-order valence-electron chi connectivity index (χ0n) is 15.5. The van der Waals surface area contributed by atoms with E-state index in [9.17, 15) is 18.0 Å². The highest BCUT2D eigenvalue weighted by molar-refractivity contribution is 5.90. The zero-order chi connectivity index (χ0) is 20.4. The molecule has 1 saturated carbocycles. The number of carboxylic acids is 1. The number of alkyl halides is 3. The standard InChI is InChI=1S/C18H24N2O.C2HF3O2/c21-17-18(16(19-17)15-7-2-1-3-8-15)9-11-20(12-10-18)13-14-5-4-6-14;3-2(4,5)1(6)7/h1-3,7-8,14,16H,4-6,9-13H2,(H,19,21);(H,6,7). The molecule has 2 saturated heterocycles. The Labute approximate surface area is 161 Å². The SMILES string of the molecule is O=C(O)C(F)(F)F.O=C1NC(c2ccccc2)C12CCN(CC1CCC1)CC2. The van der Waals surface area contributed by atoms with E-state index < -0.39 is 12.1 Å². The predicted molar refractivity (Wildman–Crippen MR) is 96.5 cm³/mol. The third-order valence-electron chi connectivity index (χ3n) is 6.15. The number of amides is 1. The van der Waals surface area contributed by atoms with E-state index in [4.69, 9.17) is 9.90 Å². The van der Waals surface area contributed by atoms with Crippen LogP contribution in [0.3, 0.4) is 0 Å². The molecule has 0 radical (unpaired) electrons. The highest BCUT2D eigenvalue weighted by atomic mass is 19.4. The maximum absolute atomic E-state index is 12.3. The lowest BCUT2D eigenvalue weighted by Crippen LogP contribution is -2.64. The number of nitrogens with zero attached hydrogens (tertiary/aromatic N) is 1. The Morgan fingerprint density at radius 1 is 1.18 bits per heavy atom. The van der Waals surface area contributed by atoms with E-state index >= 15 is 0 Å². The zero-order valence-corrected chi connectivity index (χ0v) is 15.5. The van der Waals surface area contributed by atoms with Gasteiger partial charge in [0.05, 0.1) is 11.5 Å². The van der Waals surface area contributed by atoms with Crippen molar-refractivity contribution in [2.75, 3.05) is 19.6 Å². The summed E-state index contributed by atoms with van der Waals surface area (Å²) in [6.45, 7) is 3.44. The average Bonchev–Trinajstić information content (AvgIpc) is 2.63. The maximum Gasteiger partial charge on any atom is 0.490 e. The molecular formula is C20H25F3N2O3. The van der Waals surface area contributed by atoms with E-state index in [0.717, 1.165) is 31.8 Å². The van der Waals surface area contributed by atoms with Gasteiger partial charge in [0, 0.05) is 6.54 Å². The Morgan fingerprint density at radius 3 is 2.18 bits per heavy atom. The first-order chi connectivity index (χ1) is 13.2. The molecule has 1 spiro atoms. The lowest BCUT2D eigenvalue weighted by Gasteiger charge is -2.53. The summed E-state index contributed by atoms with van der Waals surface area (Å²) in [5, 5.41) is 10.3. The van der Waals surface area contributed by atoms with E-state index in [1.54, 1.807) is 0 Å². The Kier molecular flexibility index (Phi) is 5.98. The fraction of sp³-hybridized carbons (Fsp3) is 0.600. The summed E-state index contributed by atoms with van der Waals surface area (Å²) in [5.41, 5.74) is 1.14. The Balaban J connectivity index is 0.000000279. The van der Waals surface area contributed by atoms with Crippen LogP contribution in [0.4, 0.5) is 13.2 Å². The third kappa shape index (κ3) is 4.32. The van der Waals surface area contributed by atoms with Crippen LogP contribution in [0.25, 0.3) is 0 Å². The minimum absolute atomic E-state index is 0.128. The van der Waals surface area contributed by atoms with Gasteiger partial charge < -0.3 is 15.3 Å². The number of hydrogen-bond acceptors (Lipinski definition) is 3. The minimum atomic E-state index is -5.08. The van der Waals surface area contributed by atoms with Gasteiger partial charge in [-0.05, 0) is 50.3 Å². The Bertz CT molecular complexity index is 696. The van der Waals surface area contributed by atoms with Gasteiger partial charge in [0.25, 0.3) is 0 Å². The normalized spacial score (nSPS) is 24.4. The molecule has 0 aromatic heterocycles. The van der Waals surface area contributed by atoms with Gasteiger partial charge in [-0.2, -0.15) is 13.2 Å². The molecule has 1 atom stereocenters. The van der Waals surface area contributed by atoms with Crippen LogP contribution in [0.5, 0.6) is 0 Å². The lowest BCUT2D eigenvalue weighted by atomic mass is 9.64. The fourth-order valence-electron chi connectivity index (χ4n) is 4.21. The lowest BCUT2D eigenvalue weighted by molar-refractivity contribution is -0.192. The number of hydrogen-bond donors (Lipinski definition) is 2. The van der Waals surface area contributed by atoms with Crippen LogP contribution < -0.4 is 5.32 Å². The average molecular weight is 398 g/mol. The summed E-state index contributed by atoms with van der Waals surface area (Å²) in [6, 6.07) is 10.7. The van der Waals surface area contributed by atoms with Crippen LogP contribution in [-0.4, -0.2) is 47.7 Å². The molecule has 2 aliphatic heterocycles. The summed E-state index contributed by atoms with van der Waals surface area (Å²) in [5.74, 6) is -1.55. The quantitative estimate of drug-likeness (QED) is 0.766. The molecule has 3 aliphatic rings. The molecular weight excluding hydrogens is 373 g/mol. The van der Waals surface area contributed by atoms with Crippen LogP contribution in [0, 0.1) is 11.3 Å². The summed E-state index contributed by atoms with van der Waals surface area (Å²) in [4.78, 5) is 23.7. The largest absolute Gasteiger partial charge is 0.490 e. The molecule has 8 heteroatoms. The van der Waals surface area contributed by atoms with Crippen molar-refractivity contribution >= 4 is 11.9 Å². The minimum Gasteiger partial charge on any atom is -0.475 e. The number of aliphatic carboxylic acids is 1. The van der Waals surface area contributed by atoms with Crippen molar-refractivity contribution in [2.45, 2.75) is 44.3 Å². The number of carboxylic acid groups (broad SMARTS) is 1. The molecule has 5 nitrogen and oxygen atoms in total. The summed E-state index contributed by atoms with van der Waals surface area (Å²) >= 11 is 0. The molecule has 1 aromatic rings. The van der Waals surface area contributed by atoms with Gasteiger partial charge in [0.15, 0.2) is 0 Å². The number of likely N-dealkylation sites (tertiary alicyclic amines) is 1. The van der Waals surface area contributed by atoms with Crippen molar-refractivity contribution in [3.05, 3.63) is 35.9 Å². The molecule has 28 heavy (non-hydrogen) atoms. The van der Waals surface area contributed by atoms with Crippen molar-refractivity contribution in [3.63, 3.8) is 0 Å². The van der Waals surface area contributed by atoms with Gasteiger partial charge in [-0.25, -0.2) is 4.79 Å². The summed E-state index contributed by atoms with van der Waals surface area (Å²) in [7, 11) is 0. The van der Waals surface area contributed by atoms with Crippen LogP contribution >= 0.6 is 0 Å². The molecule has 1 amide bonds. The van der Waals surface area contributed by atoms with Gasteiger partial charge >= 0.3 is 12.1 Å². The van der Waals surface area contributed by atoms with Gasteiger partial charge in [-0.3, -0.25) is 4.79 Å². The number of carbonyl (C=O) groups excluding carboxylic acids is 1. The van der Waals surface area contributed by atoms with Gasteiger partial charge in [0.1, 0.15) is 0 Å². The smallest absolute Gasteiger partial charge is 0.475 e. The first kappa shape index (κ1) is 20.6. The molecule has 2 N–H and O–H groups in total. The Morgan fingerprint density at radius 2 is 1.75 bits per heavy atom. The number of benzene rings is 1. The topological polar surface area (TPSA) is 69.6 Å². The second-order valence-corrected chi connectivity index (χ2v) is 7.87. The maximum atomic E-state index is 12.3. The van der Waals surface area contributed by atoms with E-state index in [0.29, 0.717) is 0 Å². The first-order valence-corrected chi connectivity index (χ1v) is 9.61. The molecule has 4 rings (SSSR count). The van der Waals surface area contributed by atoms with Crippen LogP contribution in [0.15, 0.2) is 30.3 Å². The van der Waals surface area contributed by atoms with Crippen molar-refractivity contribution in [1.82, 2.24) is 10.2 Å². The molecule has 154 valence electrons. The van der Waals surface area contributed by atoms with E-state index in [2.05, 4.69) is 34.5 Å². The van der Waals surface area contributed by atoms with Gasteiger partial charge in [-0.15, -0.1) is 0 Å². The number of nitrogens with one attached hydrogen (secondary N) is 1. The number of carbonyl (C=O) groups is 2. The van der Waals surface area contributed by atoms with Crippen molar-refractivity contribution in [1.29, 1.82) is 0 Å². The van der Waals surface area contributed by atoms with E-state index in [1.807, 2.05) is 6.07 Å². The van der Waals surface area contributed by atoms with Crippen molar-refractivity contribution in [2.24, 2.45) is 11.3 Å². The van der Waals surface area contributed by atoms with Crippen LogP contribution in [0.2, 0.25) is 0 Å². The third-order valence-corrected chi connectivity index (χ3v) is 6.15. The molecule has 1 aliphatic carbocycles. The number of halogens is 3. The number of piperidine rings is 1. The molecule has 3 fully saturated rings. The molecule has 1 aromatic carbocycles. The highest BCUT2D eigenvalue weighted by Gasteiger charge is 2.56. The van der Waals surface area contributed by atoms with E-state index in [-0.39, 0.29) is 17.4 Å². The first-order valence-electron chi connectivity index (χ1n) is 9.61. The summed E-state index contributed by atoms with van der Waals surface area (Å²) in [6.07, 6.45) is 1.20. The fourth-order valence-corrected chi connectivity index (χ4v) is 4.21. The number of β-lactam (4-membered cyclic amide) rings is 1. The second kappa shape index (κ2) is 8.11. The molecule has 1 unspecified atom stereocenters. The van der Waals surface area contributed by atoms with Gasteiger partial charge in [0.2, 0.25) is 5.91 Å². The van der Waals surface area contributed by atoms with Crippen molar-refractivity contribution < 1.29 is 27.9 Å². The van der Waals surface area contributed by atoms with Crippen LogP contribution in [0.1, 0.15) is 43.7 Å². The molecule has 0 bridgehead atoms. The van der Waals surface area contributed by atoms with E-state index in [1.165, 1.54) is 31.4 Å². The van der Waals surface area contributed by atoms with Crippen molar-refractivity contribution in [3.8, 4) is 0 Å². The molecule has 2 heterocycles. The van der Waals surface area contributed by atoms with Gasteiger partial charge in [-0.1, -0.05) is 36.8 Å². The summed E-state index contributed by atoms with van der Waals surface area (Å²) < 4.78 is 31.7. The predicted octanol–water partition coefficient (Wildman–Crippen LogP) is 3.37.